The van der Waals surface area contributed by atoms with E-state index < -0.39 is 0 Å². The van der Waals surface area contributed by atoms with Crippen molar-refractivity contribution in [1.82, 2.24) is 0 Å². The average molecular weight is 272 g/mol. The summed E-state index contributed by atoms with van der Waals surface area (Å²) in [6.45, 7) is 0.402. The van der Waals surface area contributed by atoms with Gasteiger partial charge in [0, 0.05) is 5.56 Å². The van der Waals surface area contributed by atoms with Gasteiger partial charge >= 0.3 is 0 Å². The molecule has 0 spiro atoms. The zero-order chi connectivity index (χ0) is 14.4. The first-order valence-corrected chi connectivity index (χ1v) is 6.06. The Balaban J connectivity index is 2.03. The first-order valence-electron chi connectivity index (χ1n) is 6.06. The van der Waals surface area contributed by atoms with Gasteiger partial charge in [0.15, 0.2) is 5.84 Å². The van der Waals surface area contributed by atoms with Gasteiger partial charge in [0.05, 0.1) is 7.11 Å². The standard InChI is InChI=1S/C15H16N2O3/c1-19-13-5-7-14(8-6-13)20-10-11-3-2-4-12(9-11)15(16)17-18/h2-9,18H,10H2,1H3,(H2,16,17). The van der Waals surface area contributed by atoms with Crippen LogP contribution in [0.1, 0.15) is 11.1 Å². The molecule has 0 saturated carbocycles. The molecule has 2 aromatic carbocycles. The SMILES string of the molecule is COc1ccc(OCc2cccc(/C(N)=N/O)c2)cc1. The Morgan fingerprint density at radius 2 is 1.85 bits per heavy atom. The third kappa shape index (κ3) is 3.41. The lowest BCUT2D eigenvalue weighted by Crippen LogP contribution is -2.13. The Morgan fingerprint density at radius 3 is 2.50 bits per heavy atom. The summed E-state index contributed by atoms with van der Waals surface area (Å²) in [6.07, 6.45) is 0. The van der Waals surface area contributed by atoms with E-state index in [1.54, 1.807) is 13.2 Å². The number of oxime groups is 1. The molecule has 5 nitrogen and oxygen atoms in total. The smallest absolute Gasteiger partial charge is 0.170 e. The summed E-state index contributed by atoms with van der Waals surface area (Å²) in [7, 11) is 1.62. The zero-order valence-electron chi connectivity index (χ0n) is 11.1. The second-order valence-corrected chi connectivity index (χ2v) is 4.15. The molecule has 0 bridgehead atoms. The van der Waals surface area contributed by atoms with Crippen LogP contribution < -0.4 is 15.2 Å². The van der Waals surface area contributed by atoms with Crippen LogP contribution in [0.5, 0.6) is 11.5 Å². The fourth-order valence-corrected chi connectivity index (χ4v) is 1.72. The maximum atomic E-state index is 8.66. The second-order valence-electron chi connectivity index (χ2n) is 4.15. The molecule has 5 heteroatoms. The molecule has 0 aliphatic carbocycles. The van der Waals surface area contributed by atoms with Crippen LogP contribution in [-0.2, 0) is 6.61 Å². The van der Waals surface area contributed by atoms with Gasteiger partial charge in [0.1, 0.15) is 18.1 Å². The van der Waals surface area contributed by atoms with E-state index in [1.165, 1.54) is 0 Å². The normalized spacial score (nSPS) is 11.2. The summed E-state index contributed by atoms with van der Waals surface area (Å²) in [4.78, 5) is 0. The van der Waals surface area contributed by atoms with Crippen molar-refractivity contribution in [2.24, 2.45) is 10.9 Å². The van der Waals surface area contributed by atoms with Crippen molar-refractivity contribution in [2.75, 3.05) is 7.11 Å². The summed E-state index contributed by atoms with van der Waals surface area (Å²) in [5.74, 6) is 1.61. The number of nitrogens with zero attached hydrogens (tertiary/aromatic N) is 1. The van der Waals surface area contributed by atoms with Crippen LogP contribution in [0.15, 0.2) is 53.7 Å². The molecule has 0 saturated heterocycles. The van der Waals surface area contributed by atoms with Crippen molar-refractivity contribution in [1.29, 1.82) is 0 Å². The van der Waals surface area contributed by atoms with Gasteiger partial charge in [-0.3, -0.25) is 0 Å². The number of rotatable bonds is 5. The number of ether oxygens (including phenoxy) is 2. The lowest BCUT2D eigenvalue weighted by Gasteiger charge is -2.08. The van der Waals surface area contributed by atoms with Gasteiger partial charge in [0.25, 0.3) is 0 Å². The minimum Gasteiger partial charge on any atom is -0.497 e. The van der Waals surface area contributed by atoms with Crippen LogP contribution >= 0.6 is 0 Å². The number of amidine groups is 1. The molecule has 0 atom stereocenters. The van der Waals surface area contributed by atoms with E-state index in [9.17, 15) is 0 Å². The molecular formula is C15H16N2O3. The molecule has 0 radical (unpaired) electrons. The van der Waals surface area contributed by atoms with E-state index >= 15 is 0 Å². The molecule has 0 unspecified atom stereocenters. The molecule has 0 heterocycles. The molecule has 3 N–H and O–H groups in total. The van der Waals surface area contributed by atoms with Crippen molar-refractivity contribution >= 4 is 5.84 Å². The highest BCUT2D eigenvalue weighted by Gasteiger charge is 2.02. The van der Waals surface area contributed by atoms with E-state index in [4.69, 9.17) is 20.4 Å². The minimum absolute atomic E-state index is 0.0799. The number of hydrogen-bond acceptors (Lipinski definition) is 4. The van der Waals surface area contributed by atoms with Crippen molar-refractivity contribution in [3.8, 4) is 11.5 Å². The van der Waals surface area contributed by atoms with Crippen molar-refractivity contribution in [2.45, 2.75) is 6.61 Å². The molecular weight excluding hydrogens is 256 g/mol. The highest BCUT2D eigenvalue weighted by molar-refractivity contribution is 5.97. The number of benzene rings is 2. The van der Waals surface area contributed by atoms with E-state index in [0.717, 1.165) is 17.1 Å². The summed E-state index contributed by atoms with van der Waals surface area (Å²) in [5.41, 5.74) is 7.14. The highest BCUT2D eigenvalue weighted by atomic mass is 16.5. The Bertz CT molecular complexity index is 594. The lowest BCUT2D eigenvalue weighted by molar-refractivity contribution is 0.305. The van der Waals surface area contributed by atoms with Crippen LogP contribution in [0.3, 0.4) is 0 Å². The Hall–Kier alpha value is -2.69. The molecule has 0 aromatic heterocycles. The summed E-state index contributed by atoms with van der Waals surface area (Å²) in [6, 6.07) is 14.7. The molecule has 2 rings (SSSR count). The van der Waals surface area contributed by atoms with Crippen LogP contribution in [0, 0.1) is 0 Å². The Labute approximate surface area is 117 Å². The Kier molecular flexibility index (Phi) is 4.44. The van der Waals surface area contributed by atoms with Crippen molar-refractivity contribution in [3.05, 3.63) is 59.7 Å². The highest BCUT2D eigenvalue weighted by Crippen LogP contribution is 2.18. The van der Waals surface area contributed by atoms with Gasteiger partial charge in [-0.1, -0.05) is 23.4 Å². The zero-order valence-corrected chi connectivity index (χ0v) is 11.1. The third-order valence-corrected chi connectivity index (χ3v) is 2.80. The first kappa shape index (κ1) is 13.7. The maximum Gasteiger partial charge on any atom is 0.170 e. The van der Waals surface area contributed by atoms with Crippen LogP contribution in [0.2, 0.25) is 0 Å². The molecule has 0 aliphatic rings. The lowest BCUT2D eigenvalue weighted by atomic mass is 10.1. The number of hydrogen-bond donors (Lipinski definition) is 2. The summed E-state index contributed by atoms with van der Waals surface area (Å²) >= 11 is 0. The predicted octanol–water partition coefficient (Wildman–Crippen LogP) is 2.37. The van der Waals surface area contributed by atoms with Gasteiger partial charge in [0.2, 0.25) is 0 Å². The van der Waals surface area contributed by atoms with Crippen LogP contribution in [0.4, 0.5) is 0 Å². The largest absolute Gasteiger partial charge is 0.497 e. The Morgan fingerprint density at radius 1 is 1.15 bits per heavy atom. The topological polar surface area (TPSA) is 77.1 Å². The predicted molar refractivity (Wildman–Crippen MR) is 76.3 cm³/mol. The van der Waals surface area contributed by atoms with Gasteiger partial charge in [-0.2, -0.15) is 0 Å². The van der Waals surface area contributed by atoms with Gasteiger partial charge in [-0.05, 0) is 35.9 Å². The first-order chi connectivity index (χ1) is 9.72. The minimum atomic E-state index is 0.0799. The van der Waals surface area contributed by atoms with Gasteiger partial charge in [-0.15, -0.1) is 0 Å². The quantitative estimate of drug-likeness (QED) is 0.379. The fourth-order valence-electron chi connectivity index (χ4n) is 1.72. The number of nitrogens with two attached hydrogens (primary N) is 1. The molecule has 0 aliphatic heterocycles. The fraction of sp³-hybridized carbons (Fsp3) is 0.133. The monoisotopic (exact) mass is 272 g/mol. The number of methoxy groups -OCH3 is 1. The van der Waals surface area contributed by atoms with E-state index in [1.807, 2.05) is 42.5 Å². The van der Waals surface area contributed by atoms with E-state index in [0.29, 0.717) is 12.2 Å². The second kappa shape index (κ2) is 6.47. The van der Waals surface area contributed by atoms with E-state index in [-0.39, 0.29) is 5.84 Å². The molecule has 0 amide bonds. The van der Waals surface area contributed by atoms with Crippen LogP contribution in [0.25, 0.3) is 0 Å². The van der Waals surface area contributed by atoms with Gasteiger partial charge < -0.3 is 20.4 Å². The average Bonchev–Trinajstić information content (AvgIpc) is 2.53. The molecule has 20 heavy (non-hydrogen) atoms. The van der Waals surface area contributed by atoms with Crippen molar-refractivity contribution in [3.63, 3.8) is 0 Å². The summed E-state index contributed by atoms with van der Waals surface area (Å²) < 4.78 is 10.7. The molecule has 104 valence electrons. The molecule has 2 aromatic rings. The van der Waals surface area contributed by atoms with E-state index in [2.05, 4.69) is 5.16 Å². The third-order valence-electron chi connectivity index (χ3n) is 2.80. The molecule has 0 fully saturated rings. The maximum absolute atomic E-state index is 8.66. The van der Waals surface area contributed by atoms with Gasteiger partial charge in [-0.25, -0.2) is 0 Å². The van der Waals surface area contributed by atoms with Crippen LogP contribution in [-0.4, -0.2) is 18.2 Å². The summed E-state index contributed by atoms with van der Waals surface area (Å²) in [5, 5.41) is 11.6. The van der Waals surface area contributed by atoms with Crippen molar-refractivity contribution < 1.29 is 14.7 Å².